The van der Waals surface area contributed by atoms with E-state index in [1.54, 1.807) is 12.2 Å². The van der Waals surface area contributed by atoms with Crippen molar-refractivity contribution < 1.29 is 28.5 Å². The number of nitrogens with zero attached hydrogens (tertiary/aromatic N) is 2. The molecular weight excluding hydrogens is 628 g/mol. The van der Waals surface area contributed by atoms with Crippen molar-refractivity contribution in [2.75, 3.05) is 26.4 Å². The highest BCUT2D eigenvalue weighted by Gasteiger charge is 2.23. The maximum Gasteiger partial charge on any atom is 0.240 e. The van der Waals surface area contributed by atoms with E-state index in [0.717, 1.165) is 93.2 Å². The number of carbonyl (C=O) groups excluding carboxylic acids is 2. The van der Waals surface area contributed by atoms with Crippen molar-refractivity contribution in [3.05, 3.63) is 105 Å². The zero-order chi connectivity index (χ0) is 35.3. The van der Waals surface area contributed by atoms with Crippen LogP contribution in [0.1, 0.15) is 97.9 Å². The van der Waals surface area contributed by atoms with Crippen LogP contribution in [0.15, 0.2) is 70.6 Å². The number of rotatable bonds is 14. The van der Waals surface area contributed by atoms with Gasteiger partial charge in [0.25, 0.3) is 0 Å². The SMILES string of the molecule is CCCOc1c2cccc1Cc1cc(N=C=O)cc(c1OCCC)Cc1cccc(c1OCCC)Cc1cc(N=C=O)cc(c1OCCC)C2. The lowest BCUT2D eigenvalue weighted by Crippen LogP contribution is -2.10. The fourth-order valence-corrected chi connectivity index (χ4v) is 6.44. The minimum absolute atomic E-state index is 0.486. The largest absolute Gasteiger partial charge is 0.493 e. The zero-order valence-electron chi connectivity index (χ0n) is 29.6. The molecule has 0 amide bonds. The lowest BCUT2D eigenvalue weighted by Gasteiger charge is -2.23. The lowest BCUT2D eigenvalue weighted by atomic mass is 9.90. The van der Waals surface area contributed by atoms with Crippen molar-refractivity contribution >= 4 is 23.5 Å². The van der Waals surface area contributed by atoms with Gasteiger partial charge < -0.3 is 18.9 Å². The van der Waals surface area contributed by atoms with Gasteiger partial charge in [-0.05, 0) is 72.2 Å². The molecular formula is C42H46N2O6. The third kappa shape index (κ3) is 8.70. The molecule has 0 saturated carbocycles. The summed E-state index contributed by atoms with van der Waals surface area (Å²) in [7, 11) is 0. The molecule has 0 atom stereocenters. The van der Waals surface area contributed by atoms with E-state index >= 15 is 0 Å². The maximum atomic E-state index is 11.6. The van der Waals surface area contributed by atoms with Gasteiger partial charge in [-0.3, -0.25) is 0 Å². The van der Waals surface area contributed by atoms with Gasteiger partial charge in [-0.1, -0.05) is 64.1 Å². The molecule has 0 heterocycles. The van der Waals surface area contributed by atoms with Gasteiger partial charge in [0, 0.05) is 47.9 Å². The van der Waals surface area contributed by atoms with Gasteiger partial charge in [-0.15, -0.1) is 0 Å². The minimum atomic E-state index is 0.486. The predicted molar refractivity (Wildman–Crippen MR) is 196 cm³/mol. The van der Waals surface area contributed by atoms with Crippen LogP contribution in [0.5, 0.6) is 23.0 Å². The molecule has 5 rings (SSSR count). The van der Waals surface area contributed by atoms with Gasteiger partial charge in [0.05, 0.1) is 37.8 Å². The summed E-state index contributed by atoms with van der Waals surface area (Å²) in [6.45, 7) is 10.5. The van der Waals surface area contributed by atoms with Crippen LogP contribution in [0.2, 0.25) is 0 Å². The molecule has 50 heavy (non-hydrogen) atoms. The van der Waals surface area contributed by atoms with Gasteiger partial charge in [0.15, 0.2) is 0 Å². The van der Waals surface area contributed by atoms with Crippen LogP contribution >= 0.6 is 0 Å². The highest BCUT2D eigenvalue weighted by Crippen LogP contribution is 2.41. The minimum Gasteiger partial charge on any atom is -0.493 e. The number of ether oxygens (including phenoxy) is 4. The Balaban J connectivity index is 1.85. The van der Waals surface area contributed by atoms with Crippen molar-refractivity contribution in [3.8, 4) is 23.0 Å². The molecule has 1 aliphatic rings. The number of para-hydroxylation sites is 2. The first-order valence-electron chi connectivity index (χ1n) is 17.7. The summed E-state index contributed by atoms with van der Waals surface area (Å²) in [5.74, 6) is 3.14. The lowest BCUT2D eigenvalue weighted by molar-refractivity contribution is 0.304. The monoisotopic (exact) mass is 674 g/mol. The second-order valence-electron chi connectivity index (χ2n) is 12.5. The second-order valence-corrected chi connectivity index (χ2v) is 12.5. The molecule has 0 fully saturated rings. The van der Waals surface area contributed by atoms with E-state index in [1.165, 1.54) is 0 Å². The molecule has 260 valence electrons. The van der Waals surface area contributed by atoms with Gasteiger partial charge in [-0.25, -0.2) is 9.59 Å². The standard InChI is InChI=1S/C42H46N2O6/c1-5-15-47-39-29-11-9-12-30(39)20-34-24-38(44-28-46)26-36(42(34)50-18-8-4)22-32-14-10-13-31(40(32)48-16-6-2)21-35-25-37(43-27-45)23-33(19-29)41(35)49-17-7-3/h9-14,23-26H,5-8,15-22H2,1-4H3. The third-order valence-corrected chi connectivity index (χ3v) is 8.49. The van der Waals surface area contributed by atoms with Crippen LogP contribution in [0.4, 0.5) is 11.4 Å². The summed E-state index contributed by atoms with van der Waals surface area (Å²) in [4.78, 5) is 31.2. The predicted octanol–water partition coefficient (Wildman–Crippen LogP) is 9.45. The number of fused-ring (bicyclic) bond motifs is 8. The Morgan fingerprint density at radius 1 is 0.460 bits per heavy atom. The number of hydrogen-bond acceptors (Lipinski definition) is 8. The molecule has 4 aromatic carbocycles. The Kier molecular flexibility index (Phi) is 13.0. The molecule has 0 unspecified atom stereocenters. The van der Waals surface area contributed by atoms with E-state index in [4.69, 9.17) is 18.9 Å². The quantitative estimate of drug-likeness (QED) is 0.0860. The first-order valence-corrected chi connectivity index (χ1v) is 17.7. The van der Waals surface area contributed by atoms with E-state index in [0.29, 0.717) is 63.5 Å². The van der Waals surface area contributed by atoms with Crippen LogP contribution in [-0.2, 0) is 35.3 Å². The van der Waals surface area contributed by atoms with Crippen molar-refractivity contribution in [3.63, 3.8) is 0 Å². The molecule has 1 aliphatic carbocycles. The first kappa shape index (κ1) is 36.1. The second kappa shape index (κ2) is 18.0. The highest BCUT2D eigenvalue weighted by atomic mass is 16.5. The van der Waals surface area contributed by atoms with E-state index < -0.39 is 0 Å². The topological polar surface area (TPSA) is 95.8 Å². The van der Waals surface area contributed by atoms with Crippen LogP contribution in [0.25, 0.3) is 0 Å². The number of isocyanates is 2. The van der Waals surface area contributed by atoms with E-state index in [9.17, 15) is 9.59 Å². The number of benzene rings is 4. The average Bonchev–Trinajstić information content (AvgIpc) is 3.10. The smallest absolute Gasteiger partial charge is 0.240 e. The normalized spacial score (nSPS) is 11.9. The van der Waals surface area contributed by atoms with E-state index in [1.807, 2.05) is 36.4 Å². The van der Waals surface area contributed by atoms with Gasteiger partial charge in [-0.2, -0.15) is 9.98 Å². The molecule has 4 aromatic rings. The van der Waals surface area contributed by atoms with Crippen LogP contribution < -0.4 is 18.9 Å². The van der Waals surface area contributed by atoms with Crippen LogP contribution in [-0.4, -0.2) is 38.6 Å². The number of aliphatic imine (C=N–C) groups is 2. The zero-order valence-corrected chi connectivity index (χ0v) is 29.6. The molecule has 0 radical (unpaired) electrons. The summed E-state index contributed by atoms with van der Waals surface area (Å²) >= 11 is 0. The third-order valence-electron chi connectivity index (χ3n) is 8.49. The van der Waals surface area contributed by atoms with Crippen molar-refractivity contribution in [1.82, 2.24) is 0 Å². The molecule has 8 nitrogen and oxygen atoms in total. The van der Waals surface area contributed by atoms with Gasteiger partial charge in [0.2, 0.25) is 12.2 Å². The Morgan fingerprint density at radius 2 is 0.720 bits per heavy atom. The van der Waals surface area contributed by atoms with Crippen molar-refractivity contribution in [2.24, 2.45) is 9.98 Å². The van der Waals surface area contributed by atoms with E-state index in [2.05, 4.69) is 61.9 Å². The van der Waals surface area contributed by atoms with Crippen molar-refractivity contribution in [1.29, 1.82) is 0 Å². The maximum absolute atomic E-state index is 11.6. The molecule has 0 aromatic heterocycles. The summed E-state index contributed by atoms with van der Waals surface area (Å²) in [6.07, 6.45) is 8.77. The molecule has 0 spiro atoms. The molecule has 0 aliphatic heterocycles. The Morgan fingerprint density at radius 3 is 0.960 bits per heavy atom. The van der Waals surface area contributed by atoms with Crippen LogP contribution in [0.3, 0.4) is 0 Å². The molecule has 8 bridgehead atoms. The Bertz CT molecular complexity index is 1660. The molecule has 0 saturated heterocycles. The fourth-order valence-electron chi connectivity index (χ4n) is 6.44. The number of hydrogen-bond donors (Lipinski definition) is 0. The Hall–Kier alpha value is -5.16. The summed E-state index contributed by atoms with van der Waals surface area (Å²) in [5.41, 5.74) is 8.57. The fraction of sp³-hybridized carbons (Fsp3) is 0.381. The van der Waals surface area contributed by atoms with Gasteiger partial charge >= 0.3 is 0 Å². The highest BCUT2D eigenvalue weighted by molar-refractivity contribution is 5.63. The van der Waals surface area contributed by atoms with Crippen LogP contribution in [0, 0.1) is 0 Å². The Labute approximate surface area is 295 Å². The summed E-state index contributed by atoms with van der Waals surface area (Å²) < 4.78 is 26.1. The van der Waals surface area contributed by atoms with Crippen molar-refractivity contribution in [2.45, 2.75) is 79.1 Å². The molecule has 8 heteroatoms. The van der Waals surface area contributed by atoms with Gasteiger partial charge in [0.1, 0.15) is 23.0 Å². The molecule has 0 N–H and O–H groups in total. The summed E-state index contributed by atoms with van der Waals surface area (Å²) in [5, 5.41) is 0. The summed E-state index contributed by atoms with van der Waals surface area (Å²) in [6, 6.07) is 20.0. The first-order chi connectivity index (χ1) is 24.5. The average molecular weight is 675 g/mol. The van der Waals surface area contributed by atoms with E-state index in [-0.39, 0.29) is 0 Å².